The third-order valence-electron chi connectivity index (χ3n) is 6.84. The molecule has 186 valence electrons. The zero-order valence-electron chi connectivity index (χ0n) is 20.0. The first kappa shape index (κ1) is 25.4. The van der Waals surface area contributed by atoms with Gasteiger partial charge in [0.05, 0.1) is 23.8 Å². The lowest BCUT2D eigenvalue weighted by Crippen LogP contribution is -2.42. The Balaban J connectivity index is 1.34. The Morgan fingerprint density at radius 3 is 2.91 bits per heavy atom. The maximum absolute atomic E-state index is 14.7. The van der Waals surface area contributed by atoms with Crippen LogP contribution < -0.4 is 4.74 Å². The fourth-order valence-electron chi connectivity index (χ4n) is 5.03. The van der Waals surface area contributed by atoms with Crippen LogP contribution >= 0.6 is 11.8 Å². The molecule has 0 spiro atoms. The van der Waals surface area contributed by atoms with E-state index >= 15 is 0 Å². The van der Waals surface area contributed by atoms with Crippen LogP contribution in [0.25, 0.3) is 10.9 Å². The highest BCUT2D eigenvalue weighted by molar-refractivity contribution is 7.99. The number of aliphatic carboxylic acids is 1. The Morgan fingerprint density at radius 2 is 2.14 bits per heavy atom. The number of methoxy groups -OCH3 is 1. The van der Waals surface area contributed by atoms with Gasteiger partial charge in [-0.25, -0.2) is 9.37 Å². The van der Waals surface area contributed by atoms with Crippen molar-refractivity contribution >= 4 is 28.6 Å². The molecule has 0 amide bonds. The minimum Gasteiger partial charge on any atom is -0.497 e. The average molecular weight is 498 g/mol. The Kier molecular flexibility index (Phi) is 8.93. The van der Waals surface area contributed by atoms with E-state index in [0.29, 0.717) is 23.7 Å². The lowest BCUT2D eigenvalue weighted by molar-refractivity contribution is -0.139. The molecule has 2 atom stereocenters. The lowest BCUT2D eigenvalue weighted by atomic mass is 9.80. The van der Waals surface area contributed by atoms with Crippen LogP contribution in [0.5, 0.6) is 5.75 Å². The molecular formula is C27H32FN3O3S. The SMILES string of the molecule is COc1ccc2ncc(F)c(CCCC3CCN(CCSc4ccccn4)CC3CC(=O)O)c2c1. The summed E-state index contributed by atoms with van der Waals surface area (Å²) >= 11 is 1.73. The zero-order chi connectivity index (χ0) is 24.6. The van der Waals surface area contributed by atoms with Crippen molar-refractivity contribution in [3.63, 3.8) is 0 Å². The number of ether oxygens (including phenoxy) is 1. The smallest absolute Gasteiger partial charge is 0.303 e. The first-order chi connectivity index (χ1) is 17.0. The molecule has 2 unspecified atom stereocenters. The van der Waals surface area contributed by atoms with E-state index in [0.717, 1.165) is 60.6 Å². The van der Waals surface area contributed by atoms with Crippen LogP contribution in [0.4, 0.5) is 4.39 Å². The van der Waals surface area contributed by atoms with Gasteiger partial charge in [-0.05, 0) is 80.0 Å². The van der Waals surface area contributed by atoms with Crippen molar-refractivity contribution in [2.24, 2.45) is 11.8 Å². The van der Waals surface area contributed by atoms with Crippen LogP contribution in [0, 0.1) is 17.7 Å². The minimum absolute atomic E-state index is 0.111. The maximum Gasteiger partial charge on any atom is 0.303 e. The summed E-state index contributed by atoms with van der Waals surface area (Å²) in [5, 5.41) is 11.3. The quantitative estimate of drug-likeness (QED) is 0.360. The minimum atomic E-state index is -0.747. The second-order valence-electron chi connectivity index (χ2n) is 9.08. The predicted octanol–water partition coefficient (Wildman–Crippen LogP) is 5.31. The summed E-state index contributed by atoms with van der Waals surface area (Å²) in [4.78, 5) is 22.5. The van der Waals surface area contributed by atoms with Gasteiger partial charge in [0.1, 0.15) is 11.6 Å². The standard InChI is InChI=1S/C27H32FN3O3S/c1-34-21-8-9-25-23(16-21)22(24(28)17-30-25)6-4-5-19-10-12-31(18-20(19)15-27(32)33)13-14-35-26-7-2-3-11-29-26/h2-3,7-9,11,16-17,19-20H,4-6,10,12-15,18H2,1H3,(H,32,33). The van der Waals surface area contributed by atoms with Crippen molar-refractivity contribution in [1.82, 2.24) is 14.9 Å². The highest BCUT2D eigenvalue weighted by Gasteiger charge is 2.30. The molecule has 1 fully saturated rings. The first-order valence-electron chi connectivity index (χ1n) is 12.1. The number of nitrogens with zero attached hydrogens (tertiary/aromatic N) is 3. The highest BCUT2D eigenvalue weighted by atomic mass is 32.2. The molecule has 1 saturated heterocycles. The van der Waals surface area contributed by atoms with Crippen LogP contribution in [-0.4, -0.2) is 58.4 Å². The van der Waals surface area contributed by atoms with Gasteiger partial charge in [0.15, 0.2) is 0 Å². The van der Waals surface area contributed by atoms with Crippen molar-refractivity contribution in [3.05, 3.63) is 60.2 Å². The van der Waals surface area contributed by atoms with Crippen molar-refractivity contribution in [2.45, 2.75) is 37.1 Å². The molecule has 0 bridgehead atoms. The van der Waals surface area contributed by atoms with Gasteiger partial charge in [-0.15, -0.1) is 11.8 Å². The molecule has 2 aromatic heterocycles. The van der Waals surface area contributed by atoms with Crippen LogP contribution in [0.3, 0.4) is 0 Å². The summed E-state index contributed by atoms with van der Waals surface area (Å²) in [5.74, 6) is 1.01. The van der Waals surface area contributed by atoms with Gasteiger partial charge in [-0.2, -0.15) is 0 Å². The Hall–Kier alpha value is -2.71. The summed E-state index contributed by atoms with van der Waals surface area (Å²) in [6.07, 6.45) is 6.54. The Morgan fingerprint density at radius 1 is 1.26 bits per heavy atom. The Bertz CT molecular complexity index is 1130. The normalized spacial score (nSPS) is 18.6. The topological polar surface area (TPSA) is 75.5 Å². The number of benzene rings is 1. The largest absolute Gasteiger partial charge is 0.497 e. The average Bonchev–Trinajstić information content (AvgIpc) is 2.86. The van der Waals surface area contributed by atoms with E-state index in [-0.39, 0.29) is 18.2 Å². The van der Waals surface area contributed by atoms with Crippen molar-refractivity contribution in [3.8, 4) is 5.75 Å². The summed E-state index contributed by atoms with van der Waals surface area (Å²) in [6.45, 7) is 2.68. The number of carboxylic acid groups (broad SMARTS) is 1. The van der Waals surface area contributed by atoms with Crippen LogP contribution in [0.2, 0.25) is 0 Å². The van der Waals surface area contributed by atoms with Crippen molar-refractivity contribution < 1.29 is 19.0 Å². The van der Waals surface area contributed by atoms with E-state index in [4.69, 9.17) is 4.74 Å². The summed E-state index contributed by atoms with van der Waals surface area (Å²) in [6, 6.07) is 11.4. The molecule has 6 nitrogen and oxygen atoms in total. The van der Waals surface area contributed by atoms with Gasteiger partial charge in [0, 0.05) is 36.8 Å². The number of piperidine rings is 1. The molecule has 1 aromatic carbocycles. The van der Waals surface area contributed by atoms with Gasteiger partial charge >= 0.3 is 5.97 Å². The lowest BCUT2D eigenvalue weighted by Gasteiger charge is -2.38. The summed E-state index contributed by atoms with van der Waals surface area (Å²) in [5.41, 5.74) is 1.41. The van der Waals surface area contributed by atoms with Crippen LogP contribution in [0.1, 0.15) is 31.2 Å². The van der Waals surface area contributed by atoms with E-state index in [2.05, 4.69) is 14.9 Å². The number of hydrogen-bond acceptors (Lipinski definition) is 6. The number of hydrogen-bond donors (Lipinski definition) is 1. The zero-order valence-corrected chi connectivity index (χ0v) is 20.8. The molecule has 1 aliphatic rings. The molecule has 0 radical (unpaired) electrons. The fourth-order valence-corrected chi connectivity index (χ4v) is 5.90. The van der Waals surface area contributed by atoms with E-state index in [1.165, 1.54) is 6.20 Å². The maximum atomic E-state index is 14.7. The summed E-state index contributed by atoms with van der Waals surface area (Å²) in [7, 11) is 1.60. The predicted molar refractivity (Wildman–Crippen MR) is 136 cm³/mol. The number of aromatic nitrogens is 2. The number of carbonyl (C=O) groups is 1. The second-order valence-corrected chi connectivity index (χ2v) is 10.2. The molecule has 35 heavy (non-hydrogen) atoms. The van der Waals surface area contributed by atoms with Crippen LogP contribution in [0.15, 0.2) is 53.8 Å². The monoisotopic (exact) mass is 497 g/mol. The molecular weight excluding hydrogens is 465 g/mol. The number of halogens is 1. The van der Waals surface area contributed by atoms with E-state index in [9.17, 15) is 14.3 Å². The molecule has 1 N–H and O–H groups in total. The van der Waals surface area contributed by atoms with E-state index in [1.54, 1.807) is 25.1 Å². The van der Waals surface area contributed by atoms with E-state index in [1.807, 2.05) is 36.4 Å². The number of thioether (sulfide) groups is 1. The molecule has 8 heteroatoms. The van der Waals surface area contributed by atoms with Crippen molar-refractivity contribution in [2.75, 3.05) is 32.5 Å². The van der Waals surface area contributed by atoms with Gasteiger partial charge in [0.25, 0.3) is 0 Å². The number of carboxylic acids is 1. The third kappa shape index (κ3) is 6.92. The fraction of sp³-hybridized carbons (Fsp3) is 0.444. The molecule has 0 aliphatic carbocycles. The van der Waals surface area contributed by atoms with Gasteiger partial charge in [0.2, 0.25) is 0 Å². The van der Waals surface area contributed by atoms with Gasteiger partial charge in [-0.1, -0.05) is 6.07 Å². The number of likely N-dealkylation sites (tertiary alicyclic amines) is 1. The molecule has 4 rings (SSSR count). The number of fused-ring (bicyclic) bond motifs is 1. The molecule has 1 aliphatic heterocycles. The second kappa shape index (κ2) is 12.3. The Labute approximate surface area is 209 Å². The summed E-state index contributed by atoms with van der Waals surface area (Å²) < 4.78 is 20.0. The van der Waals surface area contributed by atoms with Crippen molar-refractivity contribution in [1.29, 1.82) is 0 Å². The number of aryl methyl sites for hydroxylation is 1. The third-order valence-corrected chi connectivity index (χ3v) is 7.77. The number of pyridine rings is 2. The molecule has 3 aromatic rings. The van der Waals surface area contributed by atoms with Crippen LogP contribution in [-0.2, 0) is 11.2 Å². The molecule has 0 saturated carbocycles. The highest BCUT2D eigenvalue weighted by Crippen LogP contribution is 2.32. The first-order valence-corrected chi connectivity index (χ1v) is 13.1. The number of rotatable bonds is 11. The van der Waals surface area contributed by atoms with Gasteiger partial charge < -0.3 is 14.7 Å². The van der Waals surface area contributed by atoms with Gasteiger partial charge in [-0.3, -0.25) is 9.78 Å². The molecule has 3 heterocycles. The van der Waals surface area contributed by atoms with E-state index < -0.39 is 5.97 Å².